The zero-order valence-electron chi connectivity index (χ0n) is 7.62. The van der Waals surface area contributed by atoms with Gasteiger partial charge in [0.2, 0.25) is 0 Å². The second-order valence-corrected chi connectivity index (χ2v) is 3.53. The molecule has 1 aromatic rings. The molecule has 0 bridgehead atoms. The van der Waals surface area contributed by atoms with Crippen LogP contribution in [0.4, 0.5) is 5.69 Å². The van der Waals surface area contributed by atoms with Gasteiger partial charge in [-0.3, -0.25) is 4.79 Å². The second kappa shape index (κ2) is 3.34. The molecule has 2 rings (SSSR count). The quantitative estimate of drug-likeness (QED) is 0.656. The van der Waals surface area contributed by atoms with Gasteiger partial charge in [-0.15, -0.1) is 0 Å². The van der Waals surface area contributed by atoms with Gasteiger partial charge in [0.1, 0.15) is 5.41 Å². The van der Waals surface area contributed by atoms with Crippen molar-refractivity contribution >= 4 is 11.7 Å². The van der Waals surface area contributed by atoms with Gasteiger partial charge in [0.15, 0.2) is 0 Å². The van der Waals surface area contributed by atoms with E-state index in [0.717, 1.165) is 5.69 Å². The van der Waals surface area contributed by atoms with E-state index in [2.05, 4.69) is 10.3 Å². The first-order valence-electron chi connectivity index (χ1n) is 4.41. The highest BCUT2D eigenvalue weighted by molar-refractivity contribution is 5.76. The SMILES string of the molecule is O=C(O)C1(CNc2cc[nH]c2)COC1. The molecular weight excluding hydrogens is 184 g/mol. The molecule has 1 aliphatic heterocycles. The van der Waals surface area contributed by atoms with Crippen LogP contribution in [0.2, 0.25) is 0 Å². The normalized spacial score (nSPS) is 18.6. The number of aromatic nitrogens is 1. The van der Waals surface area contributed by atoms with Gasteiger partial charge in [-0.1, -0.05) is 0 Å². The lowest BCUT2D eigenvalue weighted by molar-refractivity contribution is -0.176. The van der Waals surface area contributed by atoms with Crippen LogP contribution in [0.25, 0.3) is 0 Å². The average molecular weight is 196 g/mol. The van der Waals surface area contributed by atoms with Gasteiger partial charge in [-0.05, 0) is 6.07 Å². The number of carboxylic acids is 1. The number of nitrogens with one attached hydrogen (secondary N) is 2. The number of ether oxygens (including phenoxy) is 1. The summed E-state index contributed by atoms with van der Waals surface area (Å²) in [5.74, 6) is -0.799. The van der Waals surface area contributed by atoms with Crippen molar-refractivity contribution in [2.45, 2.75) is 0 Å². The molecule has 1 saturated heterocycles. The van der Waals surface area contributed by atoms with Crippen LogP contribution in [0.15, 0.2) is 18.5 Å². The fraction of sp³-hybridized carbons (Fsp3) is 0.444. The van der Waals surface area contributed by atoms with Crippen LogP contribution >= 0.6 is 0 Å². The minimum Gasteiger partial charge on any atom is -0.481 e. The molecule has 0 atom stereocenters. The van der Waals surface area contributed by atoms with Crippen molar-refractivity contribution in [3.8, 4) is 0 Å². The van der Waals surface area contributed by atoms with Crippen molar-refractivity contribution in [3.05, 3.63) is 18.5 Å². The summed E-state index contributed by atoms with van der Waals surface area (Å²) in [5, 5.41) is 12.0. The fourth-order valence-electron chi connectivity index (χ4n) is 1.35. The summed E-state index contributed by atoms with van der Waals surface area (Å²) in [6.45, 7) is 0.986. The van der Waals surface area contributed by atoms with E-state index in [1.165, 1.54) is 0 Å². The molecule has 3 N–H and O–H groups in total. The standard InChI is InChI=1S/C9H12N2O3/c12-8(13)9(5-14-6-9)4-11-7-1-2-10-3-7/h1-3,10-11H,4-6H2,(H,12,13). The van der Waals surface area contributed by atoms with Gasteiger partial charge in [-0.25, -0.2) is 0 Å². The largest absolute Gasteiger partial charge is 0.481 e. The summed E-state index contributed by atoms with van der Waals surface area (Å²) in [7, 11) is 0. The maximum absolute atomic E-state index is 10.9. The first-order valence-corrected chi connectivity index (χ1v) is 4.41. The Labute approximate surface area is 81.1 Å². The molecule has 5 nitrogen and oxygen atoms in total. The number of H-pyrrole nitrogens is 1. The van der Waals surface area contributed by atoms with E-state index in [1.807, 2.05) is 6.07 Å². The van der Waals surface area contributed by atoms with Crippen molar-refractivity contribution in [2.75, 3.05) is 25.1 Å². The molecule has 1 fully saturated rings. The van der Waals surface area contributed by atoms with Gasteiger partial charge in [0.25, 0.3) is 0 Å². The smallest absolute Gasteiger partial charge is 0.316 e. The lowest BCUT2D eigenvalue weighted by Gasteiger charge is -2.37. The van der Waals surface area contributed by atoms with E-state index >= 15 is 0 Å². The van der Waals surface area contributed by atoms with Crippen molar-refractivity contribution in [1.82, 2.24) is 4.98 Å². The molecule has 1 aromatic heterocycles. The van der Waals surface area contributed by atoms with Crippen molar-refractivity contribution in [2.24, 2.45) is 5.41 Å². The number of carbonyl (C=O) groups is 1. The van der Waals surface area contributed by atoms with Crippen LogP contribution in [-0.2, 0) is 9.53 Å². The van der Waals surface area contributed by atoms with Gasteiger partial charge >= 0.3 is 5.97 Å². The Kier molecular flexibility index (Phi) is 2.17. The first kappa shape index (κ1) is 9.08. The van der Waals surface area contributed by atoms with Gasteiger partial charge in [0.05, 0.1) is 18.9 Å². The highest BCUT2D eigenvalue weighted by Gasteiger charge is 2.46. The highest BCUT2D eigenvalue weighted by atomic mass is 16.5. The lowest BCUT2D eigenvalue weighted by Crippen LogP contribution is -2.53. The van der Waals surface area contributed by atoms with E-state index in [9.17, 15) is 4.79 Å². The maximum Gasteiger partial charge on any atom is 0.316 e. The Bertz CT molecular complexity index is 317. The van der Waals surface area contributed by atoms with Crippen LogP contribution in [-0.4, -0.2) is 35.8 Å². The molecule has 14 heavy (non-hydrogen) atoms. The number of hydrogen-bond donors (Lipinski definition) is 3. The Hall–Kier alpha value is -1.49. The summed E-state index contributed by atoms with van der Waals surface area (Å²) >= 11 is 0. The number of hydrogen-bond acceptors (Lipinski definition) is 3. The zero-order valence-corrected chi connectivity index (χ0v) is 7.62. The molecule has 0 saturated carbocycles. The Morgan fingerprint density at radius 1 is 1.71 bits per heavy atom. The maximum atomic E-state index is 10.9. The van der Waals surface area contributed by atoms with Crippen LogP contribution in [0.3, 0.4) is 0 Å². The third-order valence-electron chi connectivity index (χ3n) is 2.44. The molecule has 76 valence electrons. The summed E-state index contributed by atoms with van der Waals surface area (Å²) < 4.78 is 4.94. The van der Waals surface area contributed by atoms with Crippen LogP contribution in [0.1, 0.15) is 0 Å². The van der Waals surface area contributed by atoms with Crippen molar-refractivity contribution in [3.63, 3.8) is 0 Å². The molecule has 1 aliphatic rings. The van der Waals surface area contributed by atoms with E-state index in [0.29, 0.717) is 19.8 Å². The van der Waals surface area contributed by atoms with E-state index in [1.54, 1.807) is 12.4 Å². The minimum atomic E-state index is -0.799. The molecule has 2 heterocycles. The Morgan fingerprint density at radius 3 is 2.93 bits per heavy atom. The molecule has 0 amide bonds. The summed E-state index contributed by atoms with van der Waals surface area (Å²) in [6, 6.07) is 1.86. The first-order chi connectivity index (χ1) is 6.73. The zero-order chi connectivity index (χ0) is 10.0. The van der Waals surface area contributed by atoms with Gasteiger partial charge < -0.3 is 20.1 Å². The molecule has 5 heteroatoms. The third-order valence-corrected chi connectivity index (χ3v) is 2.44. The number of aromatic amines is 1. The topological polar surface area (TPSA) is 74.4 Å². The number of carboxylic acid groups (broad SMARTS) is 1. The molecule has 0 aromatic carbocycles. The van der Waals surface area contributed by atoms with E-state index in [-0.39, 0.29) is 0 Å². The number of rotatable bonds is 4. The number of aliphatic carboxylic acids is 1. The van der Waals surface area contributed by atoms with E-state index in [4.69, 9.17) is 9.84 Å². The molecule has 0 aliphatic carbocycles. The predicted molar refractivity (Wildman–Crippen MR) is 50.2 cm³/mol. The third kappa shape index (κ3) is 1.46. The van der Waals surface area contributed by atoms with Crippen molar-refractivity contribution in [1.29, 1.82) is 0 Å². The average Bonchev–Trinajstić information content (AvgIpc) is 2.53. The second-order valence-electron chi connectivity index (χ2n) is 3.53. The van der Waals surface area contributed by atoms with Crippen LogP contribution in [0, 0.1) is 5.41 Å². The Morgan fingerprint density at radius 2 is 2.50 bits per heavy atom. The Balaban J connectivity index is 1.93. The monoisotopic (exact) mass is 196 g/mol. The molecule has 0 unspecified atom stereocenters. The molecule has 0 radical (unpaired) electrons. The van der Waals surface area contributed by atoms with Crippen LogP contribution < -0.4 is 5.32 Å². The van der Waals surface area contributed by atoms with Crippen molar-refractivity contribution < 1.29 is 14.6 Å². The van der Waals surface area contributed by atoms with Gasteiger partial charge in [-0.2, -0.15) is 0 Å². The summed E-state index contributed by atoms with van der Waals surface area (Å²) in [6.07, 6.45) is 3.57. The predicted octanol–water partition coefficient (Wildman–Crippen LogP) is 0.528. The molecule has 0 spiro atoms. The highest BCUT2D eigenvalue weighted by Crippen LogP contribution is 2.28. The number of anilines is 1. The van der Waals surface area contributed by atoms with E-state index < -0.39 is 11.4 Å². The summed E-state index contributed by atoms with van der Waals surface area (Å²) in [4.78, 5) is 13.8. The molecular formula is C9H12N2O3. The lowest BCUT2D eigenvalue weighted by atomic mass is 9.86. The van der Waals surface area contributed by atoms with Gasteiger partial charge in [0, 0.05) is 18.9 Å². The fourth-order valence-corrected chi connectivity index (χ4v) is 1.35. The van der Waals surface area contributed by atoms with Crippen LogP contribution in [0.5, 0.6) is 0 Å². The minimum absolute atomic E-state index is 0.291. The summed E-state index contributed by atoms with van der Waals surface area (Å²) in [5.41, 5.74) is 0.162.